The molecule has 0 radical (unpaired) electrons. The number of anilines is 2. The van der Waals surface area contributed by atoms with Crippen LogP contribution in [0.2, 0.25) is 0 Å². The van der Waals surface area contributed by atoms with Gasteiger partial charge in [-0.15, -0.1) is 0 Å². The number of amides is 2. The predicted molar refractivity (Wildman–Crippen MR) is 109 cm³/mol. The maximum Gasteiger partial charge on any atom is 0.255 e. The highest BCUT2D eigenvalue weighted by atomic mass is 79.9. The van der Waals surface area contributed by atoms with Gasteiger partial charge in [-0.1, -0.05) is 19.9 Å². The first-order chi connectivity index (χ1) is 12.9. The van der Waals surface area contributed by atoms with Crippen molar-refractivity contribution in [3.8, 4) is 5.69 Å². The van der Waals surface area contributed by atoms with Crippen molar-refractivity contribution >= 4 is 39.1 Å². The zero-order chi connectivity index (χ0) is 19.4. The Kier molecular flexibility index (Phi) is 5.71. The van der Waals surface area contributed by atoms with E-state index in [1.165, 1.54) is 0 Å². The Morgan fingerprint density at radius 3 is 2.30 bits per heavy atom. The molecule has 2 aromatic carbocycles. The van der Waals surface area contributed by atoms with Gasteiger partial charge in [0.1, 0.15) is 0 Å². The number of carbonyl (C=O) groups excluding carboxylic acids is 2. The maximum atomic E-state index is 12.5. The van der Waals surface area contributed by atoms with Crippen LogP contribution in [0.1, 0.15) is 24.2 Å². The molecule has 0 unspecified atom stereocenters. The lowest BCUT2D eigenvalue weighted by Crippen LogP contribution is -2.18. The summed E-state index contributed by atoms with van der Waals surface area (Å²) in [5.41, 5.74) is 2.64. The predicted octanol–water partition coefficient (Wildman–Crippen LogP) is 4.48. The third kappa shape index (κ3) is 4.83. The minimum absolute atomic E-state index is 0.0701. The van der Waals surface area contributed by atoms with E-state index >= 15 is 0 Å². The van der Waals surface area contributed by atoms with Crippen LogP contribution in [0.25, 0.3) is 5.69 Å². The molecule has 1 aromatic heterocycles. The zero-order valence-electron chi connectivity index (χ0n) is 14.9. The molecule has 0 saturated heterocycles. The van der Waals surface area contributed by atoms with Gasteiger partial charge < -0.3 is 10.6 Å². The Morgan fingerprint density at radius 2 is 1.70 bits per heavy atom. The largest absolute Gasteiger partial charge is 0.326 e. The lowest BCUT2D eigenvalue weighted by Gasteiger charge is -2.10. The fourth-order valence-corrected chi connectivity index (χ4v) is 2.66. The molecule has 6 nitrogen and oxygen atoms in total. The highest BCUT2D eigenvalue weighted by molar-refractivity contribution is 9.10. The molecule has 0 aliphatic carbocycles. The molecular weight excluding hydrogens is 408 g/mol. The molecule has 138 valence electrons. The Hall–Kier alpha value is -2.93. The van der Waals surface area contributed by atoms with E-state index < -0.39 is 0 Å². The van der Waals surface area contributed by atoms with Crippen molar-refractivity contribution in [2.24, 2.45) is 5.92 Å². The van der Waals surface area contributed by atoms with Crippen molar-refractivity contribution < 1.29 is 9.59 Å². The van der Waals surface area contributed by atoms with Crippen LogP contribution in [0.5, 0.6) is 0 Å². The molecule has 0 atom stereocenters. The smallest absolute Gasteiger partial charge is 0.255 e. The van der Waals surface area contributed by atoms with Gasteiger partial charge in [-0.25, -0.2) is 4.68 Å². The number of halogens is 1. The van der Waals surface area contributed by atoms with Crippen LogP contribution < -0.4 is 10.6 Å². The summed E-state index contributed by atoms with van der Waals surface area (Å²) in [6.07, 6.45) is 3.54. The molecule has 0 aliphatic heterocycles. The molecule has 3 aromatic rings. The van der Waals surface area contributed by atoms with E-state index in [4.69, 9.17) is 0 Å². The summed E-state index contributed by atoms with van der Waals surface area (Å²) in [6, 6.07) is 14.2. The van der Waals surface area contributed by atoms with Crippen molar-refractivity contribution in [2.75, 3.05) is 10.6 Å². The second kappa shape index (κ2) is 8.18. The fourth-order valence-electron chi connectivity index (χ4n) is 2.37. The summed E-state index contributed by atoms with van der Waals surface area (Å²) in [5.74, 6) is -0.410. The summed E-state index contributed by atoms with van der Waals surface area (Å²) in [6.45, 7) is 3.65. The Bertz CT molecular complexity index is 964. The van der Waals surface area contributed by atoms with Gasteiger partial charge in [-0.3, -0.25) is 9.59 Å². The third-order valence-corrected chi connectivity index (χ3v) is 4.27. The number of nitrogens with one attached hydrogen (secondary N) is 2. The highest BCUT2D eigenvalue weighted by Gasteiger charge is 2.10. The van der Waals surface area contributed by atoms with E-state index in [0.29, 0.717) is 16.9 Å². The molecule has 1 heterocycles. The molecule has 0 spiro atoms. The first kappa shape index (κ1) is 18.8. The van der Waals surface area contributed by atoms with E-state index in [2.05, 4.69) is 31.7 Å². The van der Waals surface area contributed by atoms with Gasteiger partial charge in [0, 0.05) is 29.1 Å². The van der Waals surface area contributed by atoms with Gasteiger partial charge in [0.05, 0.1) is 16.4 Å². The average Bonchev–Trinajstić information content (AvgIpc) is 3.08. The van der Waals surface area contributed by atoms with Crippen molar-refractivity contribution in [3.63, 3.8) is 0 Å². The topological polar surface area (TPSA) is 76.0 Å². The van der Waals surface area contributed by atoms with Crippen molar-refractivity contribution in [2.45, 2.75) is 13.8 Å². The van der Waals surface area contributed by atoms with Crippen LogP contribution in [0.3, 0.4) is 0 Å². The number of hydrogen-bond donors (Lipinski definition) is 2. The first-order valence-corrected chi connectivity index (χ1v) is 9.24. The Balaban J connectivity index is 1.69. The van der Waals surface area contributed by atoms with E-state index in [1.807, 2.05) is 32.2 Å². The van der Waals surface area contributed by atoms with Crippen molar-refractivity contribution in [1.29, 1.82) is 0 Å². The Labute approximate surface area is 165 Å². The van der Waals surface area contributed by atoms with Crippen LogP contribution >= 0.6 is 15.9 Å². The number of nitrogens with zero attached hydrogens (tertiary/aromatic N) is 2. The Morgan fingerprint density at radius 1 is 1.04 bits per heavy atom. The van der Waals surface area contributed by atoms with Crippen LogP contribution in [0.4, 0.5) is 11.4 Å². The molecule has 27 heavy (non-hydrogen) atoms. The fraction of sp³-hybridized carbons (Fsp3) is 0.150. The average molecular weight is 427 g/mol. The lowest BCUT2D eigenvalue weighted by molar-refractivity contribution is -0.118. The summed E-state index contributed by atoms with van der Waals surface area (Å²) < 4.78 is 2.60. The summed E-state index contributed by atoms with van der Waals surface area (Å²) >= 11 is 3.36. The monoisotopic (exact) mass is 426 g/mol. The van der Waals surface area contributed by atoms with Gasteiger partial charge in [0.25, 0.3) is 5.91 Å². The van der Waals surface area contributed by atoms with E-state index in [1.54, 1.807) is 47.3 Å². The summed E-state index contributed by atoms with van der Waals surface area (Å²) in [5, 5.41) is 9.87. The van der Waals surface area contributed by atoms with E-state index in [9.17, 15) is 9.59 Å². The summed E-state index contributed by atoms with van der Waals surface area (Å²) in [4.78, 5) is 24.3. The van der Waals surface area contributed by atoms with Crippen LogP contribution in [0, 0.1) is 5.92 Å². The molecule has 7 heteroatoms. The van der Waals surface area contributed by atoms with Gasteiger partial charge in [0.2, 0.25) is 5.91 Å². The number of hydrogen-bond acceptors (Lipinski definition) is 3. The lowest BCUT2D eigenvalue weighted by atomic mass is 10.1. The molecular formula is C20H19BrN4O2. The van der Waals surface area contributed by atoms with Crippen molar-refractivity contribution in [3.05, 3.63) is 71.0 Å². The highest BCUT2D eigenvalue weighted by Crippen LogP contribution is 2.18. The minimum atomic E-state index is -0.226. The molecule has 0 aliphatic rings. The van der Waals surface area contributed by atoms with Gasteiger partial charge >= 0.3 is 0 Å². The standard InChI is InChI=1S/C20H19BrN4O2/c1-13(2)19(26)23-16-4-3-5-17(10-16)24-20(27)14-6-8-18(9-7-14)25-12-15(21)11-22-25/h3-13H,1-2H3,(H,23,26)(H,24,27). The van der Waals surface area contributed by atoms with Gasteiger partial charge in [0.15, 0.2) is 0 Å². The number of aromatic nitrogens is 2. The number of carbonyl (C=O) groups is 2. The SMILES string of the molecule is CC(C)C(=O)Nc1cccc(NC(=O)c2ccc(-n3cc(Br)cn3)cc2)c1. The first-order valence-electron chi connectivity index (χ1n) is 8.45. The van der Waals surface area contributed by atoms with Crippen molar-refractivity contribution in [1.82, 2.24) is 9.78 Å². The van der Waals surface area contributed by atoms with Crippen LogP contribution in [0.15, 0.2) is 65.4 Å². The van der Waals surface area contributed by atoms with Gasteiger partial charge in [-0.05, 0) is 58.4 Å². The van der Waals surface area contributed by atoms with Crippen LogP contribution in [-0.4, -0.2) is 21.6 Å². The number of benzene rings is 2. The molecule has 3 rings (SSSR count). The zero-order valence-corrected chi connectivity index (χ0v) is 16.5. The molecule has 0 bridgehead atoms. The second-order valence-electron chi connectivity index (χ2n) is 6.33. The molecule has 2 N–H and O–H groups in total. The maximum absolute atomic E-state index is 12.5. The number of rotatable bonds is 5. The quantitative estimate of drug-likeness (QED) is 0.631. The van der Waals surface area contributed by atoms with Crippen LogP contribution in [-0.2, 0) is 4.79 Å². The molecule has 0 saturated carbocycles. The van der Waals surface area contributed by atoms with E-state index in [-0.39, 0.29) is 17.7 Å². The third-order valence-electron chi connectivity index (χ3n) is 3.86. The van der Waals surface area contributed by atoms with E-state index in [0.717, 1.165) is 10.2 Å². The van der Waals surface area contributed by atoms with Gasteiger partial charge in [-0.2, -0.15) is 5.10 Å². The summed E-state index contributed by atoms with van der Waals surface area (Å²) in [7, 11) is 0. The second-order valence-corrected chi connectivity index (χ2v) is 7.24. The normalized spacial score (nSPS) is 10.7. The molecule has 2 amide bonds. The minimum Gasteiger partial charge on any atom is -0.326 e. The molecule has 0 fully saturated rings.